The minimum atomic E-state index is 0.853. The molecule has 0 N–H and O–H groups in total. The maximum atomic E-state index is 4.88. The van der Waals surface area contributed by atoms with E-state index in [1.807, 2.05) is 11.8 Å². The van der Waals surface area contributed by atoms with Crippen molar-refractivity contribution in [2.45, 2.75) is 54.4 Å². The van der Waals surface area contributed by atoms with Crippen LogP contribution in [-0.4, -0.2) is 17.2 Å². The van der Waals surface area contributed by atoms with E-state index in [0.29, 0.717) is 0 Å². The van der Waals surface area contributed by atoms with Crippen molar-refractivity contribution in [1.82, 2.24) is 0 Å². The average molecular weight is 290 g/mol. The Hall–Kier alpha value is -1.09. The van der Waals surface area contributed by atoms with Gasteiger partial charge in [0.1, 0.15) is 0 Å². The number of nitrogens with zero attached hydrogens (tertiary/aromatic N) is 2. The van der Waals surface area contributed by atoms with Gasteiger partial charge in [-0.1, -0.05) is 19.1 Å². The molecule has 110 valence electrons. The van der Waals surface area contributed by atoms with E-state index in [9.17, 15) is 0 Å². The van der Waals surface area contributed by atoms with Crippen molar-refractivity contribution in [2.75, 3.05) is 5.75 Å². The molecule has 2 nitrogen and oxygen atoms in total. The molecule has 0 aromatic heterocycles. The first-order valence-electron chi connectivity index (χ1n) is 7.22. The molecule has 0 aliphatic carbocycles. The highest BCUT2D eigenvalue weighted by atomic mass is 32.2. The van der Waals surface area contributed by atoms with Crippen molar-refractivity contribution in [1.29, 1.82) is 0 Å². The Morgan fingerprint density at radius 2 is 1.95 bits per heavy atom. The largest absolute Gasteiger partial charge is 0.261 e. The van der Waals surface area contributed by atoms with E-state index in [1.165, 1.54) is 10.5 Å². The van der Waals surface area contributed by atoms with Crippen molar-refractivity contribution in [3.8, 4) is 0 Å². The van der Waals surface area contributed by atoms with Crippen LogP contribution in [0.4, 0.5) is 0 Å². The zero-order chi connectivity index (χ0) is 15.1. The lowest BCUT2D eigenvalue weighted by Crippen LogP contribution is -2.05. The zero-order valence-electron chi connectivity index (χ0n) is 13.6. The fourth-order valence-electron chi connectivity index (χ4n) is 1.98. The summed E-state index contributed by atoms with van der Waals surface area (Å²) in [7, 11) is 0. The maximum absolute atomic E-state index is 4.88. The van der Waals surface area contributed by atoms with Gasteiger partial charge < -0.3 is 0 Å². The highest BCUT2D eigenvalue weighted by Gasteiger charge is 2.12. The minimum Gasteiger partial charge on any atom is -0.261 e. The third-order valence-electron chi connectivity index (χ3n) is 3.29. The van der Waals surface area contributed by atoms with Gasteiger partial charge in [-0.15, -0.1) is 11.8 Å². The molecule has 0 aromatic carbocycles. The van der Waals surface area contributed by atoms with Crippen LogP contribution in [0.5, 0.6) is 0 Å². The molecular formula is C17H26N2S. The summed E-state index contributed by atoms with van der Waals surface area (Å²) in [4.78, 5) is 10.9. The van der Waals surface area contributed by atoms with Crippen molar-refractivity contribution in [2.24, 2.45) is 9.98 Å². The van der Waals surface area contributed by atoms with Crippen molar-refractivity contribution >= 4 is 23.2 Å². The van der Waals surface area contributed by atoms with E-state index in [0.717, 1.165) is 41.4 Å². The molecule has 0 fully saturated rings. The minimum absolute atomic E-state index is 0.853. The van der Waals surface area contributed by atoms with Gasteiger partial charge in [0.25, 0.3) is 0 Å². The van der Waals surface area contributed by atoms with Gasteiger partial charge in [-0.25, -0.2) is 0 Å². The molecule has 0 saturated heterocycles. The topological polar surface area (TPSA) is 24.7 Å². The molecular weight excluding hydrogens is 264 g/mol. The van der Waals surface area contributed by atoms with E-state index in [1.54, 1.807) is 0 Å². The summed E-state index contributed by atoms with van der Waals surface area (Å²) in [5.41, 5.74) is 5.70. The van der Waals surface area contributed by atoms with E-state index >= 15 is 0 Å². The normalized spacial score (nSPS) is 17.9. The summed E-state index contributed by atoms with van der Waals surface area (Å²) in [6, 6.07) is 0. The monoisotopic (exact) mass is 290 g/mol. The van der Waals surface area contributed by atoms with Crippen LogP contribution in [-0.2, 0) is 0 Å². The molecule has 0 saturated carbocycles. The summed E-state index contributed by atoms with van der Waals surface area (Å²) in [6.45, 7) is 12.7. The molecule has 0 unspecified atom stereocenters. The Kier molecular flexibility index (Phi) is 7.00. The Morgan fingerprint density at radius 1 is 1.25 bits per heavy atom. The van der Waals surface area contributed by atoms with E-state index in [2.05, 4.69) is 58.7 Å². The average Bonchev–Trinajstić information content (AvgIpc) is 2.54. The molecule has 3 heteroatoms. The highest BCUT2D eigenvalue weighted by Crippen LogP contribution is 2.24. The SMILES string of the molecule is C/C=C(/C)C1=NC(CS/C(C)=C\CC)=C(C)N=C(C)C1. The molecule has 1 aliphatic heterocycles. The van der Waals surface area contributed by atoms with Gasteiger partial charge in [-0.05, 0) is 51.5 Å². The molecule has 0 aromatic rings. The van der Waals surface area contributed by atoms with Crippen LogP contribution in [0.1, 0.15) is 54.4 Å². The molecule has 0 spiro atoms. The van der Waals surface area contributed by atoms with Crippen molar-refractivity contribution in [3.63, 3.8) is 0 Å². The Labute approximate surface area is 127 Å². The molecule has 1 rings (SSSR count). The molecule has 1 heterocycles. The maximum Gasteiger partial charge on any atom is 0.0721 e. The zero-order valence-corrected chi connectivity index (χ0v) is 14.4. The second kappa shape index (κ2) is 8.25. The Morgan fingerprint density at radius 3 is 2.55 bits per heavy atom. The number of allylic oxidation sites excluding steroid dienone is 5. The van der Waals surface area contributed by atoms with Gasteiger partial charge in [-0.2, -0.15) is 0 Å². The summed E-state index contributed by atoms with van der Waals surface area (Å²) < 4.78 is 0. The molecule has 0 atom stereocenters. The van der Waals surface area contributed by atoms with Crippen LogP contribution < -0.4 is 0 Å². The van der Waals surface area contributed by atoms with Crippen LogP contribution in [0.2, 0.25) is 0 Å². The van der Waals surface area contributed by atoms with E-state index < -0.39 is 0 Å². The number of hydrogen-bond acceptors (Lipinski definition) is 3. The molecule has 0 bridgehead atoms. The number of hydrogen-bond donors (Lipinski definition) is 0. The van der Waals surface area contributed by atoms with Gasteiger partial charge in [0.05, 0.1) is 11.4 Å². The second-order valence-electron chi connectivity index (χ2n) is 5.10. The van der Waals surface area contributed by atoms with Crippen molar-refractivity contribution in [3.05, 3.63) is 34.0 Å². The van der Waals surface area contributed by atoms with Crippen LogP contribution in [0.15, 0.2) is 44.0 Å². The van der Waals surface area contributed by atoms with Crippen LogP contribution >= 0.6 is 11.8 Å². The summed E-state index contributed by atoms with van der Waals surface area (Å²) >= 11 is 1.85. The van der Waals surface area contributed by atoms with Gasteiger partial charge in [0.2, 0.25) is 0 Å². The van der Waals surface area contributed by atoms with Gasteiger partial charge in [0.15, 0.2) is 0 Å². The lowest BCUT2D eigenvalue weighted by atomic mass is 10.1. The molecule has 0 radical (unpaired) electrons. The van der Waals surface area contributed by atoms with Crippen LogP contribution in [0.25, 0.3) is 0 Å². The van der Waals surface area contributed by atoms with E-state index in [-0.39, 0.29) is 0 Å². The molecule has 1 aliphatic rings. The number of thioether (sulfide) groups is 1. The fraction of sp³-hybridized carbons (Fsp3) is 0.529. The number of aliphatic imine (C=N–C) groups is 2. The third-order valence-corrected chi connectivity index (χ3v) is 4.33. The third kappa shape index (κ3) is 5.12. The van der Waals surface area contributed by atoms with Crippen LogP contribution in [0.3, 0.4) is 0 Å². The van der Waals surface area contributed by atoms with Gasteiger partial charge in [0, 0.05) is 23.6 Å². The predicted octanol–water partition coefficient (Wildman–Crippen LogP) is 5.54. The standard InChI is InChI=1S/C17H26N2S/c1-7-9-14(5)20-11-17-15(6)18-13(4)10-16(19-17)12(3)8-2/h8-9H,7,10-11H2,1-6H3/b12-8-,14-9-. The lowest BCUT2D eigenvalue weighted by Gasteiger charge is -2.07. The molecule has 0 amide bonds. The first-order chi connectivity index (χ1) is 9.47. The van der Waals surface area contributed by atoms with Gasteiger partial charge >= 0.3 is 0 Å². The predicted molar refractivity (Wildman–Crippen MR) is 93.8 cm³/mol. The summed E-state index contributed by atoms with van der Waals surface area (Å²) in [5, 5.41) is 0. The number of rotatable bonds is 5. The fourth-order valence-corrected chi connectivity index (χ4v) is 2.90. The summed E-state index contributed by atoms with van der Waals surface area (Å²) in [5.74, 6) is 0.894. The summed E-state index contributed by atoms with van der Waals surface area (Å²) in [6.07, 6.45) is 6.32. The quantitative estimate of drug-likeness (QED) is 0.652. The Bertz CT molecular complexity index is 505. The lowest BCUT2D eigenvalue weighted by molar-refractivity contribution is 1.17. The van der Waals surface area contributed by atoms with E-state index in [4.69, 9.17) is 4.99 Å². The van der Waals surface area contributed by atoms with Crippen LogP contribution in [0, 0.1) is 0 Å². The Balaban J connectivity index is 3.00. The second-order valence-corrected chi connectivity index (χ2v) is 6.32. The smallest absolute Gasteiger partial charge is 0.0721 e. The van der Waals surface area contributed by atoms with Crippen molar-refractivity contribution < 1.29 is 0 Å². The first-order valence-corrected chi connectivity index (χ1v) is 8.20. The molecule has 20 heavy (non-hydrogen) atoms. The first kappa shape index (κ1) is 17.0. The van der Waals surface area contributed by atoms with Gasteiger partial charge in [-0.3, -0.25) is 9.98 Å². The highest BCUT2D eigenvalue weighted by molar-refractivity contribution is 8.03.